The maximum atomic E-state index is 4.22. The molecule has 8 nitrogen and oxygen atoms in total. The first-order chi connectivity index (χ1) is 56.9. The van der Waals surface area contributed by atoms with E-state index in [1.807, 2.05) is 71.4 Å². The average Bonchev–Trinajstić information content (AvgIpc) is 1.76. The molecule has 0 radical (unpaired) electrons. The van der Waals surface area contributed by atoms with Crippen molar-refractivity contribution in [2.45, 2.75) is 500 Å². The van der Waals surface area contributed by atoms with E-state index in [4.69, 9.17) is 0 Å². The van der Waals surface area contributed by atoms with Crippen LogP contribution in [0.25, 0.3) is 0 Å². The van der Waals surface area contributed by atoms with Crippen molar-refractivity contribution in [1.29, 1.82) is 0 Å². The summed E-state index contributed by atoms with van der Waals surface area (Å²) in [6.45, 7) is 110. The smallest absolute Gasteiger partial charge is 0.0880 e. The molecule has 0 saturated carbocycles. The van der Waals surface area contributed by atoms with Crippen molar-refractivity contribution in [3.05, 3.63) is 148 Å². The van der Waals surface area contributed by atoms with Gasteiger partial charge in [0, 0.05) is 117 Å². The van der Waals surface area contributed by atoms with Gasteiger partial charge in [0.1, 0.15) is 0 Å². The number of nitrogens with one attached hydrogen (secondary N) is 5. The van der Waals surface area contributed by atoms with E-state index < -0.39 is 0 Å². The predicted octanol–water partition coefficient (Wildman–Crippen LogP) is 38.8. The number of anilines is 1. The third kappa shape index (κ3) is 117. The van der Waals surface area contributed by atoms with Gasteiger partial charge in [0.25, 0.3) is 0 Å². The molecule has 0 fully saturated rings. The Morgan fingerprint density at radius 1 is 0.316 bits per heavy atom. The maximum absolute atomic E-state index is 4.22. The molecule has 0 aliphatic rings. The summed E-state index contributed by atoms with van der Waals surface area (Å²) in [7, 11) is 7.86. The lowest BCUT2D eigenvalue weighted by atomic mass is 9.87. The number of unbranched alkanes of at least 4 members (excludes halogenated alkanes) is 1. The van der Waals surface area contributed by atoms with Crippen LogP contribution in [-0.2, 0) is 31.3 Å². The van der Waals surface area contributed by atoms with Crippen LogP contribution in [0.5, 0.6) is 0 Å². The summed E-state index contributed by atoms with van der Waals surface area (Å²) in [5, 5.41) is 28.2. The zero-order valence-corrected chi connectivity index (χ0v) is 96.1. The summed E-state index contributed by atoms with van der Waals surface area (Å²) in [6.07, 6.45) is 10.4. The first kappa shape index (κ1) is 157. The molecule has 0 bridgehead atoms. The third-order valence-electron chi connectivity index (χ3n) is 16.2. The zero-order chi connectivity index (χ0) is 99.3. The van der Waals surface area contributed by atoms with Crippen LogP contribution in [0.15, 0.2) is 103 Å². The molecule has 0 unspecified atom stereocenters. The molecule has 0 spiro atoms. The van der Waals surface area contributed by atoms with Crippen molar-refractivity contribution in [3.8, 4) is 47.4 Å². The Morgan fingerprint density at radius 2 is 0.662 bits per heavy atom. The molecule has 14 heteroatoms. The van der Waals surface area contributed by atoms with Gasteiger partial charge in [0.05, 0.1) is 21.7 Å². The Morgan fingerprint density at radius 3 is 0.993 bits per heavy atom. The minimum absolute atomic E-state index is 0. The highest BCUT2D eigenvalue weighted by atomic mass is 33.1. The molecule has 0 aliphatic heterocycles. The van der Waals surface area contributed by atoms with Gasteiger partial charge in [0.2, 0.25) is 0 Å². The van der Waals surface area contributed by atoms with Gasteiger partial charge in [0.15, 0.2) is 0 Å². The van der Waals surface area contributed by atoms with Gasteiger partial charge in [-0.25, -0.2) is 0 Å². The quantitative estimate of drug-likeness (QED) is 0.0186. The van der Waals surface area contributed by atoms with Gasteiger partial charge < -0.3 is 26.6 Å². The second-order valence-corrected chi connectivity index (χ2v) is 60.2. The van der Waals surface area contributed by atoms with E-state index in [-0.39, 0.29) is 122 Å². The molecular formula is C122H232N8S6. The largest absolute Gasteiger partial charge is 0.380 e. The second-order valence-electron chi connectivity index (χ2n) is 50.8. The SMILES string of the molecule is C.C.C.C.C.C.C.C.C.CC(C)(C)C#Cc1ccc(CC(C)(C)C)cc1.CC(C)(C)C#Cc1ccc(NC(C)(C)C)cc1.CC(C)(C)C#Cc1cccc(CC(C)(C)C)c1.CC(C)(C)C#Cc1cccc(CNC(C)(C)C)c1.CC(C)(C)CCCNC(C)(C)C.CC(C)(C)CCSSCNC(C)(C)C.CC(C)(C)NCCCCn1cc(C(C)(C)C)nn1.CC(C)(C)SCSSCSC(C)(C)C. The van der Waals surface area contributed by atoms with Gasteiger partial charge in [-0.05, 0) is 344 Å². The minimum atomic E-state index is 0. The van der Waals surface area contributed by atoms with Crippen LogP contribution in [0.2, 0.25) is 0 Å². The number of aryl methyl sites for hydroxylation is 1. The fraction of sp³-hybridized carbons (Fsp3) is 0.721. The van der Waals surface area contributed by atoms with E-state index in [1.54, 1.807) is 0 Å². The first-order valence-electron chi connectivity index (χ1n) is 46.9. The Hall–Kier alpha value is -4.00. The lowest BCUT2D eigenvalue weighted by molar-refractivity contribution is 0.341. The molecular weight excluding hydrogens is 1770 g/mol. The Kier molecular flexibility index (Phi) is 83.6. The first-order valence-corrected chi connectivity index (χ1v) is 53.8. The summed E-state index contributed by atoms with van der Waals surface area (Å²) >= 11 is 4.05. The monoisotopic (exact) mass is 2000 g/mol. The number of thioether (sulfide) groups is 2. The second kappa shape index (κ2) is 72.3. The highest BCUT2D eigenvalue weighted by Crippen LogP contribution is 2.37. The Bertz CT molecular complexity index is 3830. The fourth-order valence-corrected chi connectivity index (χ4v) is 18.1. The molecule has 0 atom stereocenters. The number of nitrogens with zero attached hydrogens (tertiary/aromatic N) is 3. The molecule has 136 heavy (non-hydrogen) atoms. The topological polar surface area (TPSA) is 90.9 Å². The lowest BCUT2D eigenvalue weighted by Crippen LogP contribution is -2.36. The normalized spacial score (nSPS) is 11.6. The summed E-state index contributed by atoms with van der Waals surface area (Å²) in [6, 6.07) is 34.0. The highest BCUT2D eigenvalue weighted by molar-refractivity contribution is 8.79. The van der Waals surface area contributed by atoms with Crippen LogP contribution >= 0.6 is 66.7 Å². The standard InChI is InChI=1S/C17H25N.2C17H24.C16H23N.C14H28N4.C11H25NS2.C11H25N.C10H22S4.9CH4/c1-16(2,3)11-10-14-8-7-9-15(12-14)13-18-17(4,5)6;1-16(2,3)12-11-14-7-9-15(10-8-14)13-17(4,5)6;1-16(2,3)11-10-14-8-7-9-15(12-14)13-17(4,5)6;1-15(2,3)12-11-13-7-9-14(10-8-13)17-16(4,5)6;1-13(2,3)12-11-18(17-16-12)10-8-7-9-15-14(4,5)6;1-10(2,3)7-8-13-14-9-12-11(4,5)6;1-10(2,3)8-7-9-12-11(4,5)6;1-9(2,3)11-7-13-14-8-12-10(4,5)6;;;;;;;;;/h7-9,12,18H,13H2,1-6H3;7-10H,13H2,1-6H3;7-9,12H,13H2,1-6H3;7-10,17H,1-6H3;11,15H,7-10H2,1-6H3;12H,7-9H2,1-6H3;12H,7-9H2,1-6H3;7-8H2,1-6H3;9*1H4. The van der Waals surface area contributed by atoms with Gasteiger partial charge >= 0.3 is 0 Å². The van der Waals surface area contributed by atoms with Crippen LogP contribution in [0.3, 0.4) is 0 Å². The third-order valence-corrected chi connectivity index (χ3v) is 24.2. The van der Waals surface area contributed by atoms with Crippen LogP contribution < -0.4 is 26.6 Å². The zero-order valence-electron chi connectivity index (χ0n) is 91.2. The van der Waals surface area contributed by atoms with E-state index in [0.717, 1.165) is 85.0 Å². The highest BCUT2D eigenvalue weighted by Gasteiger charge is 2.21. The maximum Gasteiger partial charge on any atom is 0.0880 e. The minimum Gasteiger partial charge on any atom is -0.380 e. The van der Waals surface area contributed by atoms with E-state index in [2.05, 4.69) is 520 Å². The average molecular weight is 2000 g/mol. The summed E-state index contributed by atoms with van der Waals surface area (Å²) in [5.41, 5.74) is 13.6. The number of aromatic nitrogens is 3. The van der Waals surface area contributed by atoms with Gasteiger partial charge in [-0.3, -0.25) is 4.68 Å². The summed E-state index contributed by atoms with van der Waals surface area (Å²) < 4.78 is 2.77. The van der Waals surface area contributed by atoms with E-state index in [1.165, 1.54) is 58.3 Å². The summed E-state index contributed by atoms with van der Waals surface area (Å²) in [4.78, 5) is 0. The van der Waals surface area contributed by atoms with Crippen molar-refractivity contribution in [3.63, 3.8) is 0 Å². The molecule has 4 aromatic carbocycles. The Labute approximate surface area is 880 Å². The van der Waals surface area contributed by atoms with Crippen molar-refractivity contribution >= 4 is 72.4 Å². The summed E-state index contributed by atoms with van der Waals surface area (Å²) in [5.74, 6) is 28.3. The van der Waals surface area contributed by atoms with Crippen LogP contribution in [-0.4, -0.2) is 87.1 Å². The van der Waals surface area contributed by atoms with Crippen molar-refractivity contribution < 1.29 is 0 Å². The van der Waals surface area contributed by atoms with Crippen LogP contribution in [0.1, 0.15) is 476 Å². The molecule has 1 heterocycles. The Balaban J connectivity index is -0.000000128. The van der Waals surface area contributed by atoms with Gasteiger partial charge in [-0.15, -0.1) is 28.6 Å². The van der Waals surface area contributed by atoms with Crippen LogP contribution in [0.4, 0.5) is 5.69 Å². The fourth-order valence-electron chi connectivity index (χ4n) is 9.78. The molecule has 0 amide bonds. The number of hydrogen-bond donors (Lipinski definition) is 5. The number of rotatable bonds is 23. The molecule has 5 aromatic rings. The van der Waals surface area contributed by atoms with E-state index >= 15 is 0 Å². The van der Waals surface area contributed by atoms with Crippen molar-refractivity contribution in [1.82, 2.24) is 36.3 Å². The molecule has 796 valence electrons. The molecule has 1 aromatic heterocycles. The van der Waals surface area contributed by atoms with Crippen molar-refractivity contribution in [2.75, 3.05) is 40.2 Å². The lowest BCUT2D eigenvalue weighted by Gasteiger charge is -2.23. The molecule has 0 saturated heterocycles. The van der Waals surface area contributed by atoms with Gasteiger partial charge in [-0.1, -0.05) is 344 Å². The number of benzene rings is 4. The van der Waals surface area contributed by atoms with Crippen molar-refractivity contribution in [2.24, 2.45) is 43.3 Å². The molecule has 0 aliphatic carbocycles. The molecule has 5 rings (SSSR count). The van der Waals surface area contributed by atoms with Gasteiger partial charge in [-0.2, -0.15) is 0 Å². The van der Waals surface area contributed by atoms with E-state index in [9.17, 15) is 0 Å². The predicted molar refractivity (Wildman–Crippen MR) is 652 cm³/mol. The van der Waals surface area contributed by atoms with E-state index in [0.29, 0.717) is 31.2 Å². The molecule has 5 N–H and O–H groups in total. The number of hydrogen-bond acceptors (Lipinski definition) is 13. The van der Waals surface area contributed by atoms with Crippen LogP contribution in [0, 0.1) is 90.7 Å².